The van der Waals surface area contributed by atoms with E-state index in [4.69, 9.17) is 0 Å². The van der Waals surface area contributed by atoms with E-state index in [0.29, 0.717) is 5.41 Å². The third-order valence-electron chi connectivity index (χ3n) is 4.03. The Bertz CT molecular complexity index is 432. The lowest BCUT2D eigenvalue weighted by Gasteiger charge is -2.36. The molecule has 0 unspecified atom stereocenters. The van der Waals surface area contributed by atoms with E-state index in [1.165, 1.54) is 12.8 Å². The van der Waals surface area contributed by atoms with Crippen molar-refractivity contribution >= 4 is 5.82 Å². The summed E-state index contributed by atoms with van der Waals surface area (Å²) < 4.78 is 0. The number of hydrogen-bond donors (Lipinski definition) is 1. The first-order valence-electron chi connectivity index (χ1n) is 7.79. The van der Waals surface area contributed by atoms with Crippen LogP contribution in [0.1, 0.15) is 51.6 Å². The van der Waals surface area contributed by atoms with Crippen LogP contribution >= 0.6 is 0 Å². The second-order valence-corrected chi connectivity index (χ2v) is 6.68. The number of aromatic nitrogens is 2. The molecular formula is C16H28N4. The molecule has 1 aromatic rings. The largest absolute Gasteiger partial charge is 0.370 e. The number of rotatable bonds is 5. The molecule has 1 fully saturated rings. The fourth-order valence-electron chi connectivity index (χ4n) is 2.56. The van der Waals surface area contributed by atoms with Crippen LogP contribution in [-0.2, 0) is 6.54 Å². The minimum atomic E-state index is 0.498. The van der Waals surface area contributed by atoms with Gasteiger partial charge in [0.1, 0.15) is 11.6 Å². The maximum absolute atomic E-state index is 4.64. The molecule has 2 rings (SSSR count). The quantitative estimate of drug-likeness (QED) is 0.896. The molecule has 1 saturated heterocycles. The number of nitrogens with one attached hydrogen (secondary N) is 1. The first-order chi connectivity index (χ1) is 9.48. The zero-order valence-electron chi connectivity index (χ0n) is 13.4. The standard InChI is InChI=1S/C16H28N4/c1-5-8-17-14-11-13(2)18-15(19-14)12-20-9-6-16(3,4)7-10-20/h11H,5-10,12H2,1-4H3,(H,17,18,19). The van der Waals surface area contributed by atoms with Crippen molar-refractivity contribution in [2.24, 2.45) is 5.41 Å². The molecule has 0 aliphatic carbocycles. The number of piperidine rings is 1. The zero-order chi connectivity index (χ0) is 14.6. The van der Waals surface area contributed by atoms with Crippen LogP contribution in [0.4, 0.5) is 5.82 Å². The monoisotopic (exact) mass is 276 g/mol. The molecule has 112 valence electrons. The lowest BCUT2D eigenvalue weighted by Crippen LogP contribution is -2.37. The fourth-order valence-corrected chi connectivity index (χ4v) is 2.56. The topological polar surface area (TPSA) is 41.1 Å². The van der Waals surface area contributed by atoms with Gasteiger partial charge in [0.25, 0.3) is 0 Å². The minimum absolute atomic E-state index is 0.498. The van der Waals surface area contributed by atoms with Gasteiger partial charge in [-0.3, -0.25) is 4.90 Å². The molecule has 1 aromatic heterocycles. The van der Waals surface area contributed by atoms with E-state index in [9.17, 15) is 0 Å². The molecule has 0 atom stereocenters. The van der Waals surface area contributed by atoms with E-state index in [-0.39, 0.29) is 0 Å². The van der Waals surface area contributed by atoms with Crippen molar-refractivity contribution in [2.45, 2.75) is 53.5 Å². The Kier molecular flexibility index (Phi) is 4.97. The van der Waals surface area contributed by atoms with Gasteiger partial charge in [0.05, 0.1) is 6.54 Å². The molecule has 4 heteroatoms. The third kappa shape index (κ3) is 4.44. The molecule has 20 heavy (non-hydrogen) atoms. The van der Waals surface area contributed by atoms with Gasteiger partial charge in [-0.15, -0.1) is 0 Å². The summed E-state index contributed by atoms with van der Waals surface area (Å²) in [4.78, 5) is 11.7. The highest BCUT2D eigenvalue weighted by molar-refractivity contribution is 5.35. The molecule has 2 heterocycles. The van der Waals surface area contributed by atoms with Gasteiger partial charge in [-0.1, -0.05) is 20.8 Å². The van der Waals surface area contributed by atoms with Gasteiger partial charge < -0.3 is 5.32 Å². The summed E-state index contributed by atoms with van der Waals surface area (Å²) in [5.41, 5.74) is 1.54. The van der Waals surface area contributed by atoms with Crippen LogP contribution in [0.25, 0.3) is 0 Å². The summed E-state index contributed by atoms with van der Waals surface area (Å²) in [5, 5.41) is 3.36. The van der Waals surface area contributed by atoms with Crippen molar-refractivity contribution in [3.8, 4) is 0 Å². The van der Waals surface area contributed by atoms with Gasteiger partial charge in [-0.2, -0.15) is 0 Å². The first-order valence-corrected chi connectivity index (χ1v) is 7.79. The lowest BCUT2D eigenvalue weighted by atomic mass is 9.83. The molecule has 0 aromatic carbocycles. The van der Waals surface area contributed by atoms with Crippen molar-refractivity contribution in [3.05, 3.63) is 17.6 Å². The number of anilines is 1. The van der Waals surface area contributed by atoms with Crippen molar-refractivity contribution in [1.82, 2.24) is 14.9 Å². The van der Waals surface area contributed by atoms with Crippen molar-refractivity contribution in [1.29, 1.82) is 0 Å². The smallest absolute Gasteiger partial charge is 0.144 e. The second kappa shape index (κ2) is 6.53. The summed E-state index contributed by atoms with van der Waals surface area (Å²) in [6.45, 7) is 13.1. The van der Waals surface area contributed by atoms with Gasteiger partial charge in [0.15, 0.2) is 0 Å². The number of likely N-dealkylation sites (tertiary alicyclic amines) is 1. The highest BCUT2D eigenvalue weighted by Crippen LogP contribution is 2.30. The van der Waals surface area contributed by atoms with Gasteiger partial charge in [-0.05, 0) is 44.7 Å². The van der Waals surface area contributed by atoms with Crippen LogP contribution in [0.5, 0.6) is 0 Å². The summed E-state index contributed by atoms with van der Waals surface area (Å²) in [7, 11) is 0. The molecule has 0 radical (unpaired) electrons. The Morgan fingerprint density at radius 2 is 1.95 bits per heavy atom. The second-order valence-electron chi connectivity index (χ2n) is 6.68. The maximum Gasteiger partial charge on any atom is 0.144 e. The number of nitrogens with zero attached hydrogens (tertiary/aromatic N) is 3. The average molecular weight is 276 g/mol. The van der Waals surface area contributed by atoms with Crippen molar-refractivity contribution < 1.29 is 0 Å². The maximum atomic E-state index is 4.64. The van der Waals surface area contributed by atoms with E-state index >= 15 is 0 Å². The zero-order valence-corrected chi connectivity index (χ0v) is 13.4. The molecule has 4 nitrogen and oxygen atoms in total. The van der Waals surface area contributed by atoms with E-state index in [0.717, 1.165) is 49.9 Å². The van der Waals surface area contributed by atoms with Crippen LogP contribution in [0.3, 0.4) is 0 Å². The molecule has 0 amide bonds. The fraction of sp³-hybridized carbons (Fsp3) is 0.750. The van der Waals surface area contributed by atoms with Gasteiger partial charge in [0, 0.05) is 18.3 Å². The van der Waals surface area contributed by atoms with E-state index in [2.05, 4.69) is 41.0 Å². The molecule has 0 saturated carbocycles. The molecule has 0 spiro atoms. The number of aryl methyl sites for hydroxylation is 1. The summed E-state index contributed by atoms with van der Waals surface area (Å²) in [6, 6.07) is 2.03. The number of hydrogen-bond acceptors (Lipinski definition) is 4. The summed E-state index contributed by atoms with van der Waals surface area (Å²) in [5.74, 6) is 1.91. The predicted molar refractivity (Wildman–Crippen MR) is 83.8 cm³/mol. The third-order valence-corrected chi connectivity index (χ3v) is 4.03. The Labute approximate surface area is 123 Å². The van der Waals surface area contributed by atoms with Crippen LogP contribution < -0.4 is 5.32 Å². The molecular weight excluding hydrogens is 248 g/mol. The molecule has 1 aliphatic heterocycles. The molecule has 1 N–H and O–H groups in total. The van der Waals surface area contributed by atoms with Gasteiger partial charge >= 0.3 is 0 Å². The minimum Gasteiger partial charge on any atom is -0.370 e. The van der Waals surface area contributed by atoms with E-state index < -0.39 is 0 Å². The first kappa shape index (κ1) is 15.2. The van der Waals surface area contributed by atoms with Crippen LogP contribution in [-0.4, -0.2) is 34.5 Å². The van der Waals surface area contributed by atoms with Crippen LogP contribution in [0.15, 0.2) is 6.07 Å². The van der Waals surface area contributed by atoms with Gasteiger partial charge in [0.2, 0.25) is 0 Å². The Balaban J connectivity index is 1.97. The lowest BCUT2D eigenvalue weighted by molar-refractivity contribution is 0.124. The van der Waals surface area contributed by atoms with Crippen molar-refractivity contribution in [3.63, 3.8) is 0 Å². The highest BCUT2D eigenvalue weighted by Gasteiger charge is 2.25. The molecule has 1 aliphatic rings. The highest BCUT2D eigenvalue weighted by atomic mass is 15.2. The van der Waals surface area contributed by atoms with Crippen LogP contribution in [0, 0.1) is 12.3 Å². The van der Waals surface area contributed by atoms with Crippen molar-refractivity contribution in [2.75, 3.05) is 25.0 Å². The molecule has 0 bridgehead atoms. The SMILES string of the molecule is CCCNc1cc(C)nc(CN2CCC(C)(C)CC2)n1. The van der Waals surface area contributed by atoms with E-state index in [1.54, 1.807) is 0 Å². The van der Waals surface area contributed by atoms with Gasteiger partial charge in [-0.25, -0.2) is 9.97 Å². The normalized spacial score (nSPS) is 19.0. The van der Waals surface area contributed by atoms with E-state index in [1.807, 2.05) is 13.0 Å². The Morgan fingerprint density at radius 1 is 1.25 bits per heavy atom. The Hall–Kier alpha value is -1.16. The van der Waals surface area contributed by atoms with Crippen LogP contribution in [0.2, 0.25) is 0 Å². The summed E-state index contributed by atoms with van der Waals surface area (Å²) >= 11 is 0. The Morgan fingerprint density at radius 3 is 2.60 bits per heavy atom. The predicted octanol–water partition coefficient (Wildman–Crippen LogP) is 3.23. The summed E-state index contributed by atoms with van der Waals surface area (Å²) in [6.07, 6.45) is 3.64. The average Bonchev–Trinajstić information content (AvgIpc) is 2.38.